The van der Waals surface area contributed by atoms with Crippen molar-refractivity contribution in [1.29, 1.82) is 0 Å². The number of hydrogen-bond acceptors (Lipinski definition) is 2. The molecule has 0 spiro atoms. The van der Waals surface area contributed by atoms with Gasteiger partial charge in [-0.2, -0.15) is 0 Å². The zero-order valence-electron chi connectivity index (χ0n) is 11.8. The van der Waals surface area contributed by atoms with E-state index < -0.39 is 0 Å². The van der Waals surface area contributed by atoms with Gasteiger partial charge in [0.25, 0.3) is 0 Å². The molecule has 2 unspecified atom stereocenters. The molecule has 0 radical (unpaired) electrons. The SMILES string of the molecule is CCCNC(c1ccccc1)C(C)Cc1cccs1. The van der Waals surface area contributed by atoms with Crippen molar-refractivity contribution in [2.75, 3.05) is 6.54 Å². The highest BCUT2D eigenvalue weighted by molar-refractivity contribution is 7.09. The predicted octanol–water partition coefficient (Wildman–Crippen LogP) is 4.67. The van der Waals surface area contributed by atoms with Gasteiger partial charge in [0.1, 0.15) is 0 Å². The van der Waals surface area contributed by atoms with Crippen molar-refractivity contribution in [3.63, 3.8) is 0 Å². The first-order chi connectivity index (χ1) is 9.31. The molecule has 0 aliphatic heterocycles. The van der Waals surface area contributed by atoms with Crippen molar-refractivity contribution >= 4 is 11.3 Å². The van der Waals surface area contributed by atoms with Crippen molar-refractivity contribution in [2.24, 2.45) is 5.92 Å². The lowest BCUT2D eigenvalue weighted by Crippen LogP contribution is -2.28. The Morgan fingerprint density at radius 1 is 1.11 bits per heavy atom. The van der Waals surface area contributed by atoms with Gasteiger partial charge in [-0.25, -0.2) is 0 Å². The van der Waals surface area contributed by atoms with Gasteiger partial charge in [-0.05, 0) is 42.3 Å². The van der Waals surface area contributed by atoms with E-state index in [2.05, 4.69) is 67.0 Å². The molecule has 1 aromatic heterocycles. The van der Waals surface area contributed by atoms with Crippen molar-refractivity contribution in [3.05, 3.63) is 58.3 Å². The molecule has 2 heteroatoms. The van der Waals surface area contributed by atoms with Gasteiger partial charge < -0.3 is 5.32 Å². The third-order valence-corrected chi connectivity index (χ3v) is 4.34. The van der Waals surface area contributed by atoms with Gasteiger partial charge in [-0.1, -0.05) is 50.2 Å². The standard InChI is InChI=1S/C17H23NS/c1-3-11-18-17(15-8-5-4-6-9-15)14(2)13-16-10-7-12-19-16/h4-10,12,14,17-18H,3,11,13H2,1-2H3. The summed E-state index contributed by atoms with van der Waals surface area (Å²) in [6.07, 6.45) is 2.32. The summed E-state index contributed by atoms with van der Waals surface area (Å²) < 4.78 is 0. The van der Waals surface area contributed by atoms with E-state index in [0.29, 0.717) is 12.0 Å². The maximum atomic E-state index is 3.70. The highest BCUT2D eigenvalue weighted by Gasteiger charge is 2.18. The molecular formula is C17H23NS. The van der Waals surface area contributed by atoms with Gasteiger partial charge in [0, 0.05) is 10.9 Å². The molecule has 0 aliphatic rings. The van der Waals surface area contributed by atoms with E-state index >= 15 is 0 Å². The van der Waals surface area contributed by atoms with Crippen LogP contribution in [0.4, 0.5) is 0 Å². The minimum absolute atomic E-state index is 0.447. The van der Waals surface area contributed by atoms with Crippen LogP contribution in [-0.4, -0.2) is 6.54 Å². The second-order valence-corrected chi connectivity index (χ2v) is 6.14. The zero-order valence-corrected chi connectivity index (χ0v) is 12.6. The molecule has 19 heavy (non-hydrogen) atoms. The first-order valence-corrected chi connectivity index (χ1v) is 8.00. The van der Waals surface area contributed by atoms with Crippen molar-refractivity contribution in [2.45, 2.75) is 32.7 Å². The summed E-state index contributed by atoms with van der Waals surface area (Å²) in [5.41, 5.74) is 1.40. The van der Waals surface area contributed by atoms with Crippen LogP contribution in [-0.2, 0) is 6.42 Å². The Kier molecular flexibility index (Phi) is 5.62. The minimum Gasteiger partial charge on any atom is -0.310 e. The summed E-state index contributed by atoms with van der Waals surface area (Å²) in [6.45, 7) is 5.65. The van der Waals surface area contributed by atoms with Crippen LogP contribution < -0.4 is 5.32 Å². The van der Waals surface area contributed by atoms with Crippen LogP contribution in [0.2, 0.25) is 0 Å². The monoisotopic (exact) mass is 273 g/mol. The lowest BCUT2D eigenvalue weighted by atomic mass is 9.91. The van der Waals surface area contributed by atoms with Gasteiger partial charge in [0.2, 0.25) is 0 Å². The maximum Gasteiger partial charge on any atom is 0.0349 e. The summed E-state index contributed by atoms with van der Waals surface area (Å²) >= 11 is 1.86. The Balaban J connectivity index is 2.08. The van der Waals surface area contributed by atoms with Crippen molar-refractivity contribution in [1.82, 2.24) is 5.32 Å². The summed E-state index contributed by atoms with van der Waals surface area (Å²) in [6, 6.07) is 15.7. The average Bonchev–Trinajstić information content (AvgIpc) is 2.93. The molecule has 1 N–H and O–H groups in total. The Bertz CT molecular complexity index is 449. The summed E-state index contributed by atoms with van der Waals surface area (Å²) in [5, 5.41) is 5.87. The van der Waals surface area contributed by atoms with Gasteiger partial charge in [-0.15, -0.1) is 11.3 Å². The molecule has 0 fully saturated rings. The van der Waals surface area contributed by atoms with E-state index in [1.807, 2.05) is 11.3 Å². The summed E-state index contributed by atoms with van der Waals surface area (Å²) in [4.78, 5) is 1.48. The zero-order chi connectivity index (χ0) is 13.5. The molecule has 0 bridgehead atoms. The predicted molar refractivity (Wildman–Crippen MR) is 84.7 cm³/mol. The van der Waals surface area contributed by atoms with Gasteiger partial charge >= 0.3 is 0 Å². The van der Waals surface area contributed by atoms with Crippen LogP contribution >= 0.6 is 11.3 Å². The molecule has 1 heterocycles. The molecule has 0 saturated heterocycles. The number of thiophene rings is 1. The quantitative estimate of drug-likeness (QED) is 0.773. The number of nitrogens with one attached hydrogen (secondary N) is 1. The molecule has 0 aliphatic carbocycles. The molecule has 1 nitrogen and oxygen atoms in total. The van der Waals surface area contributed by atoms with E-state index in [9.17, 15) is 0 Å². The van der Waals surface area contributed by atoms with Gasteiger partial charge in [0.05, 0.1) is 0 Å². The first-order valence-electron chi connectivity index (χ1n) is 7.12. The largest absolute Gasteiger partial charge is 0.310 e. The Hall–Kier alpha value is -1.12. The highest BCUT2D eigenvalue weighted by Crippen LogP contribution is 2.26. The van der Waals surface area contributed by atoms with E-state index in [0.717, 1.165) is 13.0 Å². The lowest BCUT2D eigenvalue weighted by Gasteiger charge is -2.25. The number of hydrogen-bond donors (Lipinski definition) is 1. The van der Waals surface area contributed by atoms with Crippen LogP contribution in [0.5, 0.6) is 0 Å². The number of benzene rings is 1. The minimum atomic E-state index is 0.447. The third kappa shape index (κ3) is 4.19. The molecule has 1 aromatic carbocycles. The molecule has 2 atom stereocenters. The molecule has 102 valence electrons. The Morgan fingerprint density at radius 3 is 2.53 bits per heavy atom. The topological polar surface area (TPSA) is 12.0 Å². The fourth-order valence-electron chi connectivity index (χ4n) is 2.47. The number of rotatable bonds is 7. The fourth-order valence-corrected chi connectivity index (χ4v) is 3.32. The van der Waals surface area contributed by atoms with E-state index in [1.165, 1.54) is 16.9 Å². The summed E-state index contributed by atoms with van der Waals surface area (Å²) in [7, 11) is 0. The van der Waals surface area contributed by atoms with Gasteiger partial charge in [-0.3, -0.25) is 0 Å². The molecular weight excluding hydrogens is 250 g/mol. The summed E-state index contributed by atoms with van der Waals surface area (Å²) in [5.74, 6) is 0.604. The smallest absolute Gasteiger partial charge is 0.0349 e. The molecule has 0 amide bonds. The van der Waals surface area contributed by atoms with Crippen LogP contribution in [0.3, 0.4) is 0 Å². The van der Waals surface area contributed by atoms with Crippen molar-refractivity contribution in [3.8, 4) is 0 Å². The highest BCUT2D eigenvalue weighted by atomic mass is 32.1. The van der Waals surface area contributed by atoms with Crippen LogP contribution in [0.1, 0.15) is 36.8 Å². The average molecular weight is 273 g/mol. The first kappa shape index (κ1) is 14.3. The second-order valence-electron chi connectivity index (χ2n) is 5.10. The van der Waals surface area contributed by atoms with Gasteiger partial charge in [0.15, 0.2) is 0 Å². The van der Waals surface area contributed by atoms with Crippen LogP contribution in [0.25, 0.3) is 0 Å². The maximum absolute atomic E-state index is 3.70. The fraction of sp³-hybridized carbons (Fsp3) is 0.412. The van der Waals surface area contributed by atoms with E-state index in [-0.39, 0.29) is 0 Å². The van der Waals surface area contributed by atoms with E-state index in [1.54, 1.807) is 0 Å². The molecule has 2 rings (SSSR count). The second kappa shape index (κ2) is 7.46. The third-order valence-electron chi connectivity index (χ3n) is 3.45. The van der Waals surface area contributed by atoms with Crippen LogP contribution in [0, 0.1) is 5.92 Å². The normalized spacial score (nSPS) is 14.2. The lowest BCUT2D eigenvalue weighted by molar-refractivity contribution is 0.386. The van der Waals surface area contributed by atoms with Crippen LogP contribution in [0.15, 0.2) is 47.8 Å². The van der Waals surface area contributed by atoms with Crippen molar-refractivity contribution < 1.29 is 0 Å². The molecule has 2 aromatic rings. The van der Waals surface area contributed by atoms with E-state index in [4.69, 9.17) is 0 Å². The Morgan fingerprint density at radius 2 is 1.89 bits per heavy atom. The molecule has 0 saturated carbocycles. The Labute approximate surface area is 120 Å².